The summed E-state index contributed by atoms with van der Waals surface area (Å²) in [5.41, 5.74) is 0.946. The van der Waals surface area contributed by atoms with Crippen molar-refractivity contribution < 1.29 is 9.53 Å². The number of allylic oxidation sites excluding steroid dienone is 1. The molecule has 1 aliphatic carbocycles. The monoisotopic (exact) mass is 414 g/mol. The minimum absolute atomic E-state index is 0.0556. The van der Waals surface area contributed by atoms with Crippen LogP contribution < -0.4 is 10.1 Å². The van der Waals surface area contributed by atoms with Crippen molar-refractivity contribution in [2.75, 3.05) is 12.9 Å². The van der Waals surface area contributed by atoms with E-state index < -0.39 is 0 Å². The molecule has 2 aromatic rings. The molecule has 0 bridgehead atoms. The predicted molar refractivity (Wildman–Crippen MR) is 117 cm³/mol. The Labute approximate surface area is 177 Å². The van der Waals surface area contributed by atoms with Gasteiger partial charge in [-0.3, -0.25) is 9.36 Å². The number of amides is 1. The molecule has 156 valence electrons. The lowest BCUT2D eigenvalue weighted by Crippen LogP contribution is -2.44. The second-order valence-electron chi connectivity index (χ2n) is 7.66. The third-order valence-electron chi connectivity index (χ3n) is 5.76. The van der Waals surface area contributed by atoms with Gasteiger partial charge in [0.15, 0.2) is 11.0 Å². The number of aromatic nitrogens is 3. The Kier molecular flexibility index (Phi) is 7.36. The predicted octanol–water partition coefficient (Wildman–Crippen LogP) is 4.17. The van der Waals surface area contributed by atoms with E-state index in [0.717, 1.165) is 28.7 Å². The lowest BCUT2D eigenvalue weighted by Gasteiger charge is -2.34. The number of ether oxygens (including phenoxy) is 1. The summed E-state index contributed by atoms with van der Waals surface area (Å²) in [6.07, 6.45) is 5.31. The van der Waals surface area contributed by atoms with Crippen LogP contribution in [0.2, 0.25) is 0 Å². The third-order valence-corrected chi connectivity index (χ3v) is 6.73. The maximum atomic E-state index is 12.5. The summed E-state index contributed by atoms with van der Waals surface area (Å²) < 4.78 is 7.21. The second kappa shape index (κ2) is 9.96. The highest BCUT2D eigenvalue weighted by atomic mass is 32.2. The lowest BCUT2D eigenvalue weighted by molar-refractivity contribution is -0.120. The van der Waals surface area contributed by atoms with E-state index in [1.54, 1.807) is 7.11 Å². The smallest absolute Gasteiger partial charge is 0.230 e. The molecule has 29 heavy (non-hydrogen) atoms. The van der Waals surface area contributed by atoms with E-state index >= 15 is 0 Å². The van der Waals surface area contributed by atoms with E-state index in [4.69, 9.17) is 4.74 Å². The number of methoxy groups -OCH3 is 1. The number of nitrogens with one attached hydrogen (secondary N) is 1. The van der Waals surface area contributed by atoms with Gasteiger partial charge in [0.05, 0.1) is 12.9 Å². The average Bonchev–Trinajstić information content (AvgIpc) is 3.13. The summed E-state index contributed by atoms with van der Waals surface area (Å²) in [7, 11) is 1.64. The van der Waals surface area contributed by atoms with E-state index in [9.17, 15) is 4.79 Å². The minimum atomic E-state index is 0.0556. The number of hydrogen-bond acceptors (Lipinski definition) is 5. The number of carbonyl (C=O) groups excluding carboxylic acids is 1. The van der Waals surface area contributed by atoms with E-state index in [1.165, 1.54) is 24.6 Å². The van der Waals surface area contributed by atoms with Crippen molar-refractivity contribution in [2.24, 2.45) is 11.8 Å². The largest absolute Gasteiger partial charge is 0.497 e. The van der Waals surface area contributed by atoms with Crippen LogP contribution in [-0.2, 0) is 11.3 Å². The first-order valence-corrected chi connectivity index (χ1v) is 11.1. The van der Waals surface area contributed by atoms with Gasteiger partial charge in [-0.15, -0.1) is 16.8 Å². The Hall–Kier alpha value is -2.28. The summed E-state index contributed by atoms with van der Waals surface area (Å²) in [6, 6.07) is 7.97. The highest BCUT2D eigenvalue weighted by Crippen LogP contribution is 2.30. The molecule has 3 rings (SSSR count). The zero-order valence-corrected chi connectivity index (χ0v) is 18.2. The summed E-state index contributed by atoms with van der Waals surface area (Å²) in [5, 5.41) is 12.6. The van der Waals surface area contributed by atoms with Crippen molar-refractivity contribution in [3.8, 4) is 17.1 Å². The molecule has 1 heterocycles. The van der Waals surface area contributed by atoms with Gasteiger partial charge in [-0.1, -0.05) is 44.5 Å². The first-order chi connectivity index (χ1) is 14.0. The van der Waals surface area contributed by atoms with Gasteiger partial charge in [0.25, 0.3) is 0 Å². The number of rotatable bonds is 8. The Morgan fingerprint density at radius 3 is 2.76 bits per heavy atom. The summed E-state index contributed by atoms with van der Waals surface area (Å²) in [4.78, 5) is 12.5. The highest BCUT2D eigenvalue weighted by molar-refractivity contribution is 7.99. The molecule has 1 saturated carbocycles. The molecule has 1 fully saturated rings. The maximum Gasteiger partial charge on any atom is 0.230 e. The van der Waals surface area contributed by atoms with Crippen LogP contribution in [0, 0.1) is 11.8 Å². The lowest BCUT2D eigenvalue weighted by atomic mass is 9.78. The van der Waals surface area contributed by atoms with E-state index in [2.05, 4.69) is 35.9 Å². The molecular weight excluding hydrogens is 384 g/mol. The van der Waals surface area contributed by atoms with E-state index in [1.807, 2.05) is 34.9 Å². The molecule has 0 radical (unpaired) electrons. The third kappa shape index (κ3) is 5.21. The number of benzene rings is 1. The number of hydrogen-bond donors (Lipinski definition) is 1. The van der Waals surface area contributed by atoms with E-state index in [0.29, 0.717) is 24.1 Å². The van der Waals surface area contributed by atoms with Crippen LogP contribution >= 0.6 is 11.8 Å². The van der Waals surface area contributed by atoms with Crippen LogP contribution in [0.4, 0.5) is 0 Å². The Balaban J connectivity index is 1.66. The van der Waals surface area contributed by atoms with Gasteiger partial charge in [-0.25, -0.2) is 0 Å². The molecule has 3 unspecified atom stereocenters. The fourth-order valence-corrected chi connectivity index (χ4v) is 4.57. The van der Waals surface area contributed by atoms with Crippen LogP contribution in [0.25, 0.3) is 11.4 Å². The van der Waals surface area contributed by atoms with Gasteiger partial charge < -0.3 is 10.1 Å². The summed E-state index contributed by atoms with van der Waals surface area (Å²) in [6.45, 7) is 8.93. The topological polar surface area (TPSA) is 69.0 Å². The van der Waals surface area contributed by atoms with Crippen molar-refractivity contribution in [1.82, 2.24) is 20.1 Å². The normalized spacial score (nSPS) is 21.6. The zero-order valence-electron chi connectivity index (χ0n) is 17.4. The van der Waals surface area contributed by atoms with Crippen LogP contribution in [0.3, 0.4) is 0 Å². The zero-order chi connectivity index (χ0) is 20.8. The van der Waals surface area contributed by atoms with Crippen molar-refractivity contribution in [3.63, 3.8) is 0 Å². The molecule has 0 saturated heterocycles. The number of carbonyl (C=O) groups is 1. The Morgan fingerprint density at radius 1 is 1.31 bits per heavy atom. The number of nitrogens with zero attached hydrogens (tertiary/aromatic N) is 3. The van der Waals surface area contributed by atoms with Crippen molar-refractivity contribution in [1.29, 1.82) is 0 Å². The number of thioether (sulfide) groups is 1. The summed E-state index contributed by atoms with van der Waals surface area (Å²) >= 11 is 1.41. The van der Waals surface area contributed by atoms with Gasteiger partial charge in [-0.2, -0.15) is 0 Å². The summed E-state index contributed by atoms with van der Waals surface area (Å²) in [5.74, 6) is 3.11. The standard InChI is InChI=1S/C22H30N4O2S/c1-5-13-26-21(17-9-11-18(28-4)12-10-17)24-25-22(26)29-14-20(27)23-19-8-6-7-15(2)16(19)3/h5,9-12,15-16,19H,1,6-8,13-14H2,2-4H3,(H,23,27). The molecule has 6 nitrogen and oxygen atoms in total. The van der Waals surface area contributed by atoms with Crippen LogP contribution in [0.1, 0.15) is 33.1 Å². The van der Waals surface area contributed by atoms with Gasteiger partial charge in [0, 0.05) is 18.2 Å². The van der Waals surface area contributed by atoms with Crippen LogP contribution in [0.15, 0.2) is 42.1 Å². The molecule has 1 aromatic heterocycles. The van der Waals surface area contributed by atoms with Crippen molar-refractivity contribution >= 4 is 17.7 Å². The SMILES string of the molecule is C=CCn1c(SCC(=O)NC2CCCC(C)C2C)nnc1-c1ccc(OC)cc1. The van der Waals surface area contributed by atoms with E-state index in [-0.39, 0.29) is 11.9 Å². The highest BCUT2D eigenvalue weighted by Gasteiger charge is 2.28. The fourth-order valence-electron chi connectivity index (χ4n) is 3.81. The molecule has 7 heteroatoms. The Bertz CT molecular complexity index is 834. The van der Waals surface area contributed by atoms with Crippen molar-refractivity contribution in [3.05, 3.63) is 36.9 Å². The molecule has 1 aromatic carbocycles. The molecule has 1 amide bonds. The molecule has 3 atom stereocenters. The molecule has 0 spiro atoms. The maximum absolute atomic E-state index is 12.5. The van der Waals surface area contributed by atoms with Gasteiger partial charge in [0.2, 0.25) is 5.91 Å². The van der Waals surface area contributed by atoms with Crippen LogP contribution in [0.5, 0.6) is 5.75 Å². The fraction of sp³-hybridized carbons (Fsp3) is 0.500. The van der Waals surface area contributed by atoms with Gasteiger partial charge in [0.1, 0.15) is 5.75 Å². The minimum Gasteiger partial charge on any atom is -0.497 e. The molecule has 1 aliphatic rings. The van der Waals surface area contributed by atoms with Crippen molar-refractivity contribution in [2.45, 2.75) is 50.9 Å². The quantitative estimate of drug-likeness (QED) is 0.519. The van der Waals surface area contributed by atoms with Gasteiger partial charge in [-0.05, 0) is 42.5 Å². The second-order valence-corrected chi connectivity index (χ2v) is 8.61. The molecular formula is C22H30N4O2S. The first-order valence-electron chi connectivity index (χ1n) is 10.1. The van der Waals surface area contributed by atoms with Crippen LogP contribution in [-0.4, -0.2) is 39.6 Å². The average molecular weight is 415 g/mol. The first kappa shape index (κ1) is 21.4. The van der Waals surface area contributed by atoms with Gasteiger partial charge >= 0.3 is 0 Å². The molecule has 1 N–H and O–H groups in total. The molecule has 0 aliphatic heterocycles. The Morgan fingerprint density at radius 2 is 2.07 bits per heavy atom.